The lowest BCUT2D eigenvalue weighted by molar-refractivity contribution is -0.135. The third-order valence-corrected chi connectivity index (χ3v) is 5.33. The van der Waals surface area contributed by atoms with Gasteiger partial charge in [0.25, 0.3) is 0 Å². The molecule has 3 aliphatic rings. The number of carbonyl (C=O) groups excluding carboxylic acids is 1. The third-order valence-electron chi connectivity index (χ3n) is 5.33. The molecule has 0 spiro atoms. The van der Waals surface area contributed by atoms with Gasteiger partial charge in [0.2, 0.25) is 5.91 Å². The summed E-state index contributed by atoms with van der Waals surface area (Å²) in [7, 11) is 0. The number of rotatable bonds is 3. The molecule has 0 aromatic heterocycles. The second-order valence-electron chi connectivity index (χ2n) is 6.46. The van der Waals surface area contributed by atoms with Crippen molar-refractivity contribution in [2.45, 2.75) is 69.9 Å². The number of hydrogen-bond donors (Lipinski definition) is 1. The highest BCUT2D eigenvalue weighted by molar-refractivity contribution is 5.77. The predicted octanol–water partition coefficient (Wildman–Crippen LogP) is 2.33. The average molecular weight is 251 g/mol. The van der Waals surface area contributed by atoms with Gasteiger partial charge < -0.3 is 10.0 Å². The van der Waals surface area contributed by atoms with Crippen LogP contribution in [0.2, 0.25) is 0 Å². The van der Waals surface area contributed by atoms with Gasteiger partial charge in [-0.3, -0.25) is 4.79 Å². The molecule has 1 aliphatic heterocycles. The highest BCUT2D eigenvalue weighted by Crippen LogP contribution is 2.37. The monoisotopic (exact) mass is 251 g/mol. The maximum absolute atomic E-state index is 12.4. The first-order valence-electron chi connectivity index (χ1n) is 7.73. The average Bonchev–Trinajstić information content (AvgIpc) is 2.90. The minimum Gasteiger partial charge on any atom is -0.393 e. The summed E-state index contributed by atoms with van der Waals surface area (Å²) in [4.78, 5) is 14.5. The Morgan fingerprint density at radius 3 is 2.44 bits per heavy atom. The molecule has 1 N–H and O–H groups in total. The van der Waals surface area contributed by atoms with E-state index in [2.05, 4.69) is 4.90 Å². The predicted molar refractivity (Wildman–Crippen MR) is 70.0 cm³/mol. The summed E-state index contributed by atoms with van der Waals surface area (Å²) in [5.74, 6) is 1.38. The van der Waals surface area contributed by atoms with Gasteiger partial charge in [0, 0.05) is 24.9 Å². The van der Waals surface area contributed by atoms with E-state index >= 15 is 0 Å². The van der Waals surface area contributed by atoms with Gasteiger partial charge in [0.05, 0.1) is 6.10 Å². The molecule has 1 saturated heterocycles. The van der Waals surface area contributed by atoms with E-state index in [0.29, 0.717) is 23.8 Å². The van der Waals surface area contributed by atoms with E-state index in [4.69, 9.17) is 0 Å². The Balaban J connectivity index is 1.61. The molecule has 0 aromatic carbocycles. The highest BCUT2D eigenvalue weighted by atomic mass is 16.3. The van der Waals surface area contributed by atoms with Gasteiger partial charge in [-0.1, -0.05) is 12.8 Å². The Bertz CT molecular complexity index is 314. The molecular weight excluding hydrogens is 226 g/mol. The number of hydrogen-bond acceptors (Lipinski definition) is 2. The van der Waals surface area contributed by atoms with E-state index in [0.717, 1.165) is 45.1 Å². The van der Waals surface area contributed by atoms with Crippen LogP contribution in [0.1, 0.15) is 57.8 Å². The third kappa shape index (κ3) is 2.29. The minimum absolute atomic E-state index is 0.160. The zero-order valence-corrected chi connectivity index (χ0v) is 11.2. The van der Waals surface area contributed by atoms with Crippen LogP contribution < -0.4 is 0 Å². The largest absolute Gasteiger partial charge is 0.393 e. The summed E-state index contributed by atoms with van der Waals surface area (Å²) in [5.41, 5.74) is 0. The van der Waals surface area contributed by atoms with E-state index in [1.165, 1.54) is 19.3 Å². The Morgan fingerprint density at radius 1 is 1.06 bits per heavy atom. The highest BCUT2D eigenvalue weighted by Gasteiger charge is 2.40. The molecule has 2 saturated carbocycles. The molecule has 3 atom stereocenters. The second-order valence-corrected chi connectivity index (χ2v) is 6.46. The molecule has 0 bridgehead atoms. The van der Waals surface area contributed by atoms with Crippen LogP contribution in [-0.4, -0.2) is 34.6 Å². The van der Waals surface area contributed by atoms with E-state index in [9.17, 15) is 9.90 Å². The molecule has 18 heavy (non-hydrogen) atoms. The van der Waals surface area contributed by atoms with Crippen LogP contribution in [0.5, 0.6) is 0 Å². The lowest BCUT2D eigenvalue weighted by Crippen LogP contribution is -2.43. The number of aliphatic hydroxyl groups excluding tert-OH is 1. The molecule has 0 radical (unpaired) electrons. The van der Waals surface area contributed by atoms with Crippen molar-refractivity contribution in [3.8, 4) is 0 Å². The summed E-state index contributed by atoms with van der Waals surface area (Å²) in [6, 6.07) is 0.343. The first kappa shape index (κ1) is 12.5. The number of carbonyl (C=O) groups is 1. The summed E-state index contributed by atoms with van der Waals surface area (Å²) >= 11 is 0. The van der Waals surface area contributed by atoms with Crippen molar-refractivity contribution in [3.63, 3.8) is 0 Å². The molecule has 3 fully saturated rings. The Labute approximate surface area is 110 Å². The van der Waals surface area contributed by atoms with Crippen LogP contribution in [0.4, 0.5) is 0 Å². The van der Waals surface area contributed by atoms with Gasteiger partial charge >= 0.3 is 0 Å². The standard InChI is InChI=1S/C15H25NO2/c17-14-8-2-6-12(14)13-7-3-9-16(13)15(18)10-11-4-1-5-11/h11-14,17H,1-10H2. The lowest BCUT2D eigenvalue weighted by Gasteiger charge is -2.33. The van der Waals surface area contributed by atoms with Gasteiger partial charge in [0.15, 0.2) is 0 Å². The Kier molecular flexibility index (Phi) is 3.60. The van der Waals surface area contributed by atoms with Crippen molar-refractivity contribution in [3.05, 3.63) is 0 Å². The maximum atomic E-state index is 12.4. The number of amides is 1. The SMILES string of the molecule is O=C(CC1CCC1)N1CCCC1C1CCCC1O. The summed E-state index contributed by atoms with van der Waals surface area (Å²) < 4.78 is 0. The summed E-state index contributed by atoms with van der Waals surface area (Å²) in [5, 5.41) is 10.1. The van der Waals surface area contributed by atoms with Gasteiger partial charge in [-0.15, -0.1) is 0 Å². The van der Waals surface area contributed by atoms with Crippen molar-refractivity contribution in [2.75, 3.05) is 6.54 Å². The van der Waals surface area contributed by atoms with Crippen LogP contribution in [0.3, 0.4) is 0 Å². The van der Waals surface area contributed by atoms with Crippen LogP contribution in [-0.2, 0) is 4.79 Å². The van der Waals surface area contributed by atoms with Crippen molar-refractivity contribution in [1.82, 2.24) is 4.90 Å². The minimum atomic E-state index is -0.160. The summed E-state index contributed by atoms with van der Waals surface area (Å²) in [6.45, 7) is 0.930. The molecule has 1 amide bonds. The molecule has 3 nitrogen and oxygen atoms in total. The number of aliphatic hydroxyl groups is 1. The normalized spacial score (nSPS) is 36.9. The van der Waals surface area contributed by atoms with E-state index in [-0.39, 0.29) is 6.10 Å². The zero-order valence-electron chi connectivity index (χ0n) is 11.2. The number of likely N-dealkylation sites (tertiary alicyclic amines) is 1. The van der Waals surface area contributed by atoms with Gasteiger partial charge in [-0.2, -0.15) is 0 Å². The molecule has 3 rings (SSSR count). The fraction of sp³-hybridized carbons (Fsp3) is 0.933. The molecule has 3 heteroatoms. The summed E-state index contributed by atoms with van der Waals surface area (Å²) in [6.07, 6.45) is 9.82. The van der Waals surface area contributed by atoms with Crippen molar-refractivity contribution in [2.24, 2.45) is 11.8 Å². The smallest absolute Gasteiger partial charge is 0.223 e. The maximum Gasteiger partial charge on any atom is 0.223 e. The fourth-order valence-corrected chi connectivity index (χ4v) is 4.03. The molecule has 0 aromatic rings. The van der Waals surface area contributed by atoms with Crippen LogP contribution in [0.15, 0.2) is 0 Å². The van der Waals surface area contributed by atoms with E-state index in [1.807, 2.05) is 0 Å². The second kappa shape index (κ2) is 5.20. The van der Waals surface area contributed by atoms with E-state index < -0.39 is 0 Å². The van der Waals surface area contributed by atoms with E-state index in [1.54, 1.807) is 0 Å². The van der Waals surface area contributed by atoms with Gasteiger partial charge in [-0.05, 0) is 44.4 Å². The topological polar surface area (TPSA) is 40.5 Å². The number of nitrogens with zero attached hydrogens (tertiary/aromatic N) is 1. The van der Waals surface area contributed by atoms with Crippen molar-refractivity contribution >= 4 is 5.91 Å². The first-order valence-corrected chi connectivity index (χ1v) is 7.73. The van der Waals surface area contributed by atoms with Crippen LogP contribution >= 0.6 is 0 Å². The zero-order chi connectivity index (χ0) is 12.5. The van der Waals surface area contributed by atoms with Crippen LogP contribution in [0.25, 0.3) is 0 Å². The molecular formula is C15H25NO2. The molecule has 3 unspecified atom stereocenters. The quantitative estimate of drug-likeness (QED) is 0.836. The van der Waals surface area contributed by atoms with Gasteiger partial charge in [-0.25, -0.2) is 0 Å². The molecule has 1 heterocycles. The van der Waals surface area contributed by atoms with Crippen molar-refractivity contribution in [1.29, 1.82) is 0 Å². The van der Waals surface area contributed by atoms with Gasteiger partial charge in [0.1, 0.15) is 0 Å². The Morgan fingerprint density at radius 2 is 1.83 bits per heavy atom. The first-order chi connectivity index (χ1) is 8.75. The van der Waals surface area contributed by atoms with Crippen molar-refractivity contribution < 1.29 is 9.90 Å². The fourth-order valence-electron chi connectivity index (χ4n) is 4.03. The molecule has 2 aliphatic carbocycles. The lowest BCUT2D eigenvalue weighted by atomic mass is 9.82. The van der Waals surface area contributed by atoms with Crippen LogP contribution in [0, 0.1) is 11.8 Å². The molecule has 102 valence electrons. The Hall–Kier alpha value is -0.570.